The second-order valence-corrected chi connectivity index (χ2v) is 13.5. The molecule has 3 saturated carbocycles. The van der Waals surface area contributed by atoms with E-state index >= 15 is 4.39 Å². The number of halogens is 1. The van der Waals surface area contributed by atoms with E-state index in [1.165, 1.54) is 30.4 Å². The van der Waals surface area contributed by atoms with Crippen molar-refractivity contribution in [1.29, 1.82) is 0 Å². The third-order valence-corrected chi connectivity index (χ3v) is 11.2. The Hall–Kier alpha value is -1.73. The maximum Gasteiger partial charge on any atom is 1.00 e. The summed E-state index contributed by atoms with van der Waals surface area (Å²) >= 11 is 0. The Bertz CT molecular complexity index is 1470. The van der Waals surface area contributed by atoms with Crippen LogP contribution in [0.15, 0.2) is 53.0 Å². The van der Waals surface area contributed by atoms with E-state index in [9.17, 15) is 37.6 Å². The molecule has 0 spiro atoms. The number of aliphatic hydroxyl groups excluding tert-OH is 1. The fraction of sp³-hybridized carbons (Fsp3) is 0.552. The first-order valence-electron chi connectivity index (χ1n) is 13.3. The Balaban J connectivity index is 0.00000387. The molecule has 1 aromatic rings. The summed E-state index contributed by atoms with van der Waals surface area (Å²) < 4.78 is 56.3. The Labute approximate surface area is 260 Å². The van der Waals surface area contributed by atoms with Crippen LogP contribution < -0.4 is 29.6 Å². The summed E-state index contributed by atoms with van der Waals surface area (Å²) in [5.74, 6) is -3.93. The number of hydrogen-bond acceptors (Lipinski definition) is 9. The van der Waals surface area contributed by atoms with Crippen molar-refractivity contribution in [1.82, 2.24) is 0 Å². The number of fused-ring (bicyclic) bond motifs is 5. The van der Waals surface area contributed by atoms with Crippen LogP contribution in [0.4, 0.5) is 4.39 Å². The van der Waals surface area contributed by atoms with Gasteiger partial charge in [-0.15, -0.1) is 0 Å². The molecule has 1 aromatic carbocycles. The van der Waals surface area contributed by atoms with Crippen molar-refractivity contribution in [2.24, 2.45) is 28.6 Å². The number of ketones is 2. The number of ether oxygens (including phenoxy) is 1. The third kappa shape index (κ3) is 4.54. The molecule has 0 saturated heterocycles. The molecule has 0 heterocycles. The van der Waals surface area contributed by atoms with Crippen molar-refractivity contribution in [3.05, 3.63) is 53.6 Å². The van der Waals surface area contributed by atoms with Gasteiger partial charge in [-0.05, 0) is 74.8 Å². The predicted molar refractivity (Wildman–Crippen MR) is 138 cm³/mol. The van der Waals surface area contributed by atoms with Crippen molar-refractivity contribution in [3.63, 3.8) is 0 Å². The van der Waals surface area contributed by atoms with Gasteiger partial charge in [-0.25, -0.2) is 17.6 Å². The maximum absolute atomic E-state index is 17.3. The summed E-state index contributed by atoms with van der Waals surface area (Å²) in [5, 5.41) is 23.4. The molecule has 216 valence electrons. The first kappa shape index (κ1) is 32.2. The normalized spacial score (nSPS) is 39.5. The van der Waals surface area contributed by atoms with E-state index < -0.39 is 79.3 Å². The number of rotatable bonds is 5. The van der Waals surface area contributed by atoms with Crippen LogP contribution in [0.3, 0.4) is 0 Å². The number of alkyl halides is 1. The largest absolute Gasteiger partial charge is 1.00 e. The van der Waals surface area contributed by atoms with Gasteiger partial charge in [-0.2, -0.15) is 0 Å². The van der Waals surface area contributed by atoms with E-state index in [4.69, 9.17) is 4.74 Å². The molecule has 3 unspecified atom stereocenters. The Morgan fingerprint density at radius 3 is 2.56 bits per heavy atom. The minimum atomic E-state index is -4.82. The Morgan fingerprint density at radius 1 is 1.22 bits per heavy atom. The second kappa shape index (κ2) is 10.5. The molecule has 4 aliphatic rings. The summed E-state index contributed by atoms with van der Waals surface area (Å²) in [6, 6.07) is 4.29. The molecule has 3 fully saturated rings. The van der Waals surface area contributed by atoms with E-state index in [0.29, 0.717) is 24.8 Å². The van der Waals surface area contributed by atoms with Crippen molar-refractivity contribution < 1.29 is 76.3 Å². The van der Waals surface area contributed by atoms with E-state index in [2.05, 4.69) is 0 Å². The molecule has 0 radical (unpaired) electrons. The number of aliphatic hydroxyl groups is 2. The second-order valence-electron chi connectivity index (χ2n) is 12.1. The molecule has 0 aromatic heterocycles. The fourth-order valence-electron chi connectivity index (χ4n) is 8.24. The molecule has 4 aliphatic carbocycles. The van der Waals surface area contributed by atoms with Gasteiger partial charge in [-0.1, -0.05) is 31.6 Å². The average Bonchev–Trinajstić information content (AvgIpc) is 3.09. The predicted octanol–water partition coefficient (Wildman–Crippen LogP) is -0.331. The van der Waals surface area contributed by atoms with Crippen molar-refractivity contribution in [2.45, 2.75) is 68.7 Å². The minimum Gasteiger partial charge on any atom is -0.744 e. The molecular weight excluding hydrogens is 566 g/mol. The monoisotopic (exact) mass is 598 g/mol. The molecule has 9 nitrogen and oxygen atoms in total. The molecular formula is C29H32FNaO9S. The van der Waals surface area contributed by atoms with E-state index in [1.807, 2.05) is 0 Å². The van der Waals surface area contributed by atoms with Crippen LogP contribution in [0.25, 0.3) is 0 Å². The minimum absolute atomic E-state index is 0. The van der Waals surface area contributed by atoms with Gasteiger partial charge in [0.05, 0.1) is 16.6 Å². The molecule has 12 heteroatoms. The molecule has 0 amide bonds. The van der Waals surface area contributed by atoms with Crippen LogP contribution in [0.5, 0.6) is 0 Å². The molecule has 8 atom stereocenters. The molecule has 5 rings (SSSR count). The van der Waals surface area contributed by atoms with Gasteiger partial charge in [0, 0.05) is 16.7 Å². The van der Waals surface area contributed by atoms with Crippen LogP contribution >= 0.6 is 0 Å². The van der Waals surface area contributed by atoms with Gasteiger partial charge >= 0.3 is 35.5 Å². The quantitative estimate of drug-likeness (QED) is 0.263. The summed E-state index contributed by atoms with van der Waals surface area (Å²) in [6.07, 6.45) is 3.60. The van der Waals surface area contributed by atoms with E-state index in [1.54, 1.807) is 20.8 Å². The Morgan fingerprint density at radius 2 is 1.90 bits per heavy atom. The zero-order valence-electron chi connectivity index (χ0n) is 23.4. The van der Waals surface area contributed by atoms with Gasteiger partial charge in [-0.3, -0.25) is 9.59 Å². The van der Waals surface area contributed by atoms with Gasteiger partial charge < -0.3 is 19.5 Å². The zero-order valence-corrected chi connectivity index (χ0v) is 26.2. The number of carbonyl (C=O) groups is 3. The van der Waals surface area contributed by atoms with Crippen molar-refractivity contribution in [2.75, 3.05) is 6.61 Å². The van der Waals surface area contributed by atoms with Crippen LogP contribution in [-0.2, 0) is 24.4 Å². The fourth-order valence-corrected chi connectivity index (χ4v) is 8.76. The van der Waals surface area contributed by atoms with Crippen LogP contribution in [0.1, 0.15) is 56.8 Å². The summed E-state index contributed by atoms with van der Waals surface area (Å²) in [6.45, 7) is 4.18. The molecule has 0 bridgehead atoms. The van der Waals surface area contributed by atoms with E-state index in [-0.39, 0.29) is 47.3 Å². The first-order valence-corrected chi connectivity index (χ1v) is 14.7. The number of hydrogen-bond donors (Lipinski definition) is 2. The average molecular weight is 599 g/mol. The number of benzene rings is 1. The number of esters is 1. The van der Waals surface area contributed by atoms with Gasteiger partial charge in [0.1, 0.15) is 15.7 Å². The smallest absolute Gasteiger partial charge is 0.744 e. The van der Waals surface area contributed by atoms with E-state index in [0.717, 1.165) is 12.1 Å². The molecule has 41 heavy (non-hydrogen) atoms. The first-order chi connectivity index (χ1) is 18.5. The van der Waals surface area contributed by atoms with Crippen LogP contribution in [-0.4, -0.2) is 64.7 Å². The number of carbonyl (C=O) groups excluding carboxylic acids is 3. The van der Waals surface area contributed by atoms with Crippen molar-refractivity contribution in [3.8, 4) is 0 Å². The van der Waals surface area contributed by atoms with Crippen LogP contribution in [0.2, 0.25) is 0 Å². The van der Waals surface area contributed by atoms with Gasteiger partial charge in [0.25, 0.3) is 0 Å². The topological polar surface area (TPSA) is 158 Å². The SMILES string of the molecule is C[C@H]1CC2C3CCC4=CC(=O)C=C[C@]4(C)C3(F)[C@@H](O)C[C@]2(C)[C@@]1(O)C(=O)COC(=O)c1cccc(S(=O)(=O)[O-])c1.[Na+]. The number of allylic oxidation sites excluding steroid dienone is 4. The van der Waals surface area contributed by atoms with Crippen LogP contribution in [0, 0.1) is 28.6 Å². The van der Waals surface area contributed by atoms with Gasteiger partial charge in [0.2, 0.25) is 5.78 Å². The third-order valence-electron chi connectivity index (χ3n) is 10.3. The van der Waals surface area contributed by atoms with Gasteiger partial charge in [0.15, 0.2) is 18.1 Å². The summed E-state index contributed by atoms with van der Waals surface area (Å²) in [4.78, 5) is 37.5. The molecule has 0 aliphatic heterocycles. The maximum atomic E-state index is 17.3. The van der Waals surface area contributed by atoms with Crippen molar-refractivity contribution >= 4 is 27.7 Å². The zero-order chi connectivity index (χ0) is 29.5. The number of Topliss-reactive ketones (excluding diaryl/α,β-unsaturated/α-hetero) is 1. The summed E-state index contributed by atoms with van der Waals surface area (Å²) in [5.41, 5.74) is -6.24. The molecule has 2 N–H and O–H groups in total. The summed E-state index contributed by atoms with van der Waals surface area (Å²) in [7, 11) is -4.82. The standard InChI is InChI=1S/C29H33FO9S.Na/c1-16-11-22-21-8-7-18-13-19(31)9-10-26(18,2)28(21,30)23(32)14-27(22,3)29(16,35)24(33)15-39-25(34)17-5-4-6-20(12-17)40(36,37)38;/h4-6,9-10,12-13,16,21-23,32,35H,7-8,11,14-15H2,1-3H3,(H,36,37,38);/q;+1/p-1/t16-,21?,22?,23-,26-,27-,28?,29-;/m0./s1. The Kier molecular flexibility index (Phi) is 8.22.